The van der Waals surface area contributed by atoms with Crippen molar-refractivity contribution in [1.82, 2.24) is 9.55 Å². The van der Waals surface area contributed by atoms with Gasteiger partial charge in [0.25, 0.3) is 0 Å². The van der Waals surface area contributed by atoms with Crippen LogP contribution in [0.3, 0.4) is 0 Å². The van der Waals surface area contributed by atoms with E-state index in [1.54, 1.807) is 0 Å². The zero-order valence-corrected chi connectivity index (χ0v) is 31.7. The van der Waals surface area contributed by atoms with Crippen LogP contribution in [0.4, 0.5) is 17.1 Å². The molecule has 7 rings (SSSR count). The molecule has 6 aromatic rings. The van der Waals surface area contributed by atoms with E-state index in [-0.39, 0.29) is 37.4 Å². The van der Waals surface area contributed by atoms with E-state index in [1.807, 2.05) is 24.4 Å². The summed E-state index contributed by atoms with van der Waals surface area (Å²) in [4.78, 5) is 9.65. The van der Waals surface area contributed by atoms with Crippen molar-refractivity contribution in [3.8, 4) is 17.3 Å². The standard InChI is InChI=1S/C42H44N4O.Pt/c1-40(2,3)28-22-23-43-38(24-28)46-37-26-31(20-21-32(37)33-16-13-17-34(39(33)46)41(4,5)6)47-30-15-12-14-29(25-30)44-27-45(42(7,8)9)36-19-11-10-18-35(36)44;/h10-24H,27H2,1-9H3;/q-2;+2. The second-order valence-corrected chi connectivity index (χ2v) is 15.7. The zero-order valence-electron chi connectivity index (χ0n) is 29.4. The van der Waals surface area contributed by atoms with Gasteiger partial charge in [-0.2, -0.15) is 12.1 Å². The van der Waals surface area contributed by atoms with Crippen LogP contribution < -0.4 is 14.5 Å². The van der Waals surface area contributed by atoms with Crippen molar-refractivity contribution in [3.05, 3.63) is 114 Å². The topological polar surface area (TPSA) is 33.5 Å². The molecule has 248 valence electrons. The fourth-order valence-electron chi connectivity index (χ4n) is 6.64. The quantitative estimate of drug-likeness (QED) is 0.166. The van der Waals surface area contributed by atoms with Gasteiger partial charge in [-0.05, 0) is 72.4 Å². The number of rotatable bonds is 4. The van der Waals surface area contributed by atoms with Crippen molar-refractivity contribution in [2.24, 2.45) is 0 Å². The normalized spacial score (nSPS) is 13.6. The van der Waals surface area contributed by atoms with E-state index < -0.39 is 0 Å². The van der Waals surface area contributed by atoms with Crippen molar-refractivity contribution in [2.45, 2.75) is 78.7 Å². The molecular formula is C42H44N4OPt. The summed E-state index contributed by atoms with van der Waals surface area (Å²) in [6.07, 6.45) is 1.92. The van der Waals surface area contributed by atoms with Gasteiger partial charge in [-0.15, -0.1) is 35.7 Å². The monoisotopic (exact) mass is 815 g/mol. The van der Waals surface area contributed by atoms with E-state index in [4.69, 9.17) is 9.72 Å². The summed E-state index contributed by atoms with van der Waals surface area (Å²) in [7, 11) is 0. The minimum atomic E-state index is -0.0707. The van der Waals surface area contributed by atoms with Gasteiger partial charge in [0.05, 0.1) is 18.0 Å². The molecule has 0 unspecified atom stereocenters. The Hall–Kier alpha value is -4.08. The van der Waals surface area contributed by atoms with Gasteiger partial charge in [-0.3, -0.25) is 0 Å². The van der Waals surface area contributed by atoms with Gasteiger partial charge in [-0.25, -0.2) is 4.98 Å². The summed E-state index contributed by atoms with van der Waals surface area (Å²) in [6.45, 7) is 21.0. The minimum Gasteiger partial charge on any atom is -0.509 e. The van der Waals surface area contributed by atoms with Crippen LogP contribution in [0.25, 0.3) is 27.6 Å². The van der Waals surface area contributed by atoms with Gasteiger partial charge in [0, 0.05) is 28.8 Å². The number of benzene rings is 4. The number of nitrogens with zero attached hydrogens (tertiary/aromatic N) is 4. The third-order valence-electron chi connectivity index (χ3n) is 9.14. The number of pyridine rings is 1. The minimum absolute atomic E-state index is 0. The Balaban J connectivity index is 0.00000401. The van der Waals surface area contributed by atoms with Gasteiger partial charge in [0.2, 0.25) is 0 Å². The summed E-state index contributed by atoms with van der Waals surface area (Å²) >= 11 is 0. The average molecular weight is 816 g/mol. The first-order valence-corrected chi connectivity index (χ1v) is 16.5. The van der Waals surface area contributed by atoms with E-state index >= 15 is 0 Å². The molecular weight excluding hydrogens is 772 g/mol. The van der Waals surface area contributed by atoms with E-state index in [9.17, 15) is 0 Å². The van der Waals surface area contributed by atoms with E-state index in [0.29, 0.717) is 11.5 Å². The molecule has 0 spiro atoms. The first kappa shape index (κ1) is 33.8. The number of para-hydroxylation sites is 3. The molecule has 0 atom stereocenters. The summed E-state index contributed by atoms with van der Waals surface area (Å²) in [5, 5.41) is 2.30. The first-order valence-electron chi connectivity index (χ1n) is 16.5. The van der Waals surface area contributed by atoms with Crippen LogP contribution in [0.1, 0.15) is 73.4 Å². The van der Waals surface area contributed by atoms with Gasteiger partial charge in [0.15, 0.2) is 0 Å². The molecule has 6 heteroatoms. The average Bonchev–Trinajstić information content (AvgIpc) is 3.57. The van der Waals surface area contributed by atoms with Crippen LogP contribution in [0.5, 0.6) is 11.5 Å². The summed E-state index contributed by atoms with van der Waals surface area (Å²) in [6, 6.07) is 37.0. The van der Waals surface area contributed by atoms with Crippen LogP contribution in [-0.2, 0) is 31.9 Å². The molecule has 0 saturated carbocycles. The number of fused-ring (bicyclic) bond motifs is 4. The van der Waals surface area contributed by atoms with Crippen LogP contribution >= 0.6 is 0 Å². The second kappa shape index (κ2) is 12.1. The number of ether oxygens (including phenoxy) is 1. The SMILES string of the molecule is CC(C)(C)c1ccnc(-n2c3[c-]c(Oc4[c-]c(N5CN(C(C)(C)C)c6ccccc65)ccc4)ccc3c3cccc(C(C)(C)C)c32)c1.[Pt+2]. The van der Waals surface area contributed by atoms with Crippen molar-refractivity contribution in [1.29, 1.82) is 0 Å². The predicted octanol–water partition coefficient (Wildman–Crippen LogP) is 10.9. The second-order valence-electron chi connectivity index (χ2n) is 15.7. The number of hydrogen-bond donors (Lipinski definition) is 0. The van der Waals surface area contributed by atoms with Gasteiger partial charge in [-0.1, -0.05) is 83.1 Å². The van der Waals surface area contributed by atoms with Crippen LogP contribution in [0, 0.1) is 12.1 Å². The maximum absolute atomic E-state index is 6.55. The van der Waals surface area contributed by atoms with E-state index in [1.165, 1.54) is 27.9 Å². The Morgan fingerprint density at radius 3 is 2.10 bits per heavy atom. The van der Waals surface area contributed by atoms with E-state index in [2.05, 4.69) is 156 Å². The van der Waals surface area contributed by atoms with Crippen LogP contribution in [-0.4, -0.2) is 21.8 Å². The number of hydrogen-bond acceptors (Lipinski definition) is 4. The Labute approximate surface area is 299 Å². The van der Waals surface area contributed by atoms with Crippen molar-refractivity contribution in [3.63, 3.8) is 0 Å². The molecule has 0 radical (unpaired) electrons. The molecule has 4 aromatic carbocycles. The molecule has 48 heavy (non-hydrogen) atoms. The van der Waals surface area contributed by atoms with E-state index in [0.717, 1.165) is 34.6 Å². The third-order valence-corrected chi connectivity index (χ3v) is 9.14. The van der Waals surface area contributed by atoms with Crippen molar-refractivity contribution < 1.29 is 25.8 Å². The summed E-state index contributed by atoms with van der Waals surface area (Å²) in [5.74, 6) is 2.17. The molecule has 0 amide bonds. The third kappa shape index (κ3) is 6.03. The van der Waals surface area contributed by atoms with Crippen LogP contribution in [0.2, 0.25) is 0 Å². The van der Waals surface area contributed by atoms with Gasteiger partial charge in [0.1, 0.15) is 5.82 Å². The van der Waals surface area contributed by atoms with Crippen molar-refractivity contribution >= 4 is 38.9 Å². The molecule has 2 aromatic heterocycles. The molecule has 5 nitrogen and oxygen atoms in total. The maximum atomic E-state index is 6.55. The summed E-state index contributed by atoms with van der Waals surface area (Å²) in [5.41, 5.74) is 7.87. The smallest absolute Gasteiger partial charge is 0.509 e. The predicted molar refractivity (Wildman–Crippen MR) is 196 cm³/mol. The van der Waals surface area contributed by atoms with Gasteiger partial charge >= 0.3 is 21.1 Å². The molecule has 0 saturated heterocycles. The van der Waals surface area contributed by atoms with Crippen molar-refractivity contribution in [2.75, 3.05) is 16.5 Å². The summed E-state index contributed by atoms with van der Waals surface area (Å²) < 4.78 is 8.82. The fraction of sp³-hybridized carbons (Fsp3) is 0.310. The molecule has 3 heterocycles. The van der Waals surface area contributed by atoms with Gasteiger partial charge < -0.3 is 19.1 Å². The molecule has 0 aliphatic carbocycles. The fourth-order valence-corrected chi connectivity index (χ4v) is 6.64. The number of aromatic nitrogens is 2. The molecule has 0 N–H and O–H groups in total. The Morgan fingerprint density at radius 2 is 1.40 bits per heavy atom. The molecule has 0 bridgehead atoms. The number of anilines is 3. The van der Waals surface area contributed by atoms with Crippen LogP contribution in [0.15, 0.2) is 91.1 Å². The first-order chi connectivity index (χ1) is 22.2. The largest absolute Gasteiger partial charge is 2.00 e. The Morgan fingerprint density at radius 1 is 0.688 bits per heavy atom. The molecule has 1 aliphatic heterocycles. The molecule has 1 aliphatic rings. The maximum Gasteiger partial charge on any atom is 2.00 e. The Bertz CT molecular complexity index is 2130. The zero-order chi connectivity index (χ0) is 33.3. The molecule has 0 fully saturated rings. The Kier molecular flexibility index (Phi) is 8.53.